The second kappa shape index (κ2) is 9.39. The van der Waals surface area contributed by atoms with Crippen LogP contribution in [0.1, 0.15) is 44.7 Å². The summed E-state index contributed by atoms with van der Waals surface area (Å²) < 4.78 is 2.00. The Hall–Kier alpha value is -3.41. The van der Waals surface area contributed by atoms with Crippen molar-refractivity contribution in [2.75, 3.05) is 17.2 Å². The van der Waals surface area contributed by atoms with E-state index in [1.807, 2.05) is 35.2 Å². The van der Waals surface area contributed by atoms with Gasteiger partial charge in [0, 0.05) is 18.4 Å². The van der Waals surface area contributed by atoms with Gasteiger partial charge in [0.05, 0.1) is 17.1 Å². The van der Waals surface area contributed by atoms with Gasteiger partial charge in [-0.15, -0.1) is 0 Å². The molecule has 1 atom stereocenters. The van der Waals surface area contributed by atoms with Gasteiger partial charge < -0.3 is 10.6 Å². The average molecular weight is 401 g/mol. The normalized spacial score (nSPS) is 12.1. The largest absolute Gasteiger partial charge is 0.385 e. The Morgan fingerprint density at radius 1 is 1.00 bits per heavy atom. The maximum absolute atomic E-state index is 4.71. The molecular weight excluding hydrogens is 372 g/mol. The summed E-state index contributed by atoms with van der Waals surface area (Å²) >= 11 is 0. The highest BCUT2D eigenvalue weighted by atomic mass is 15.2. The smallest absolute Gasteiger partial charge is 0.225 e. The third kappa shape index (κ3) is 4.59. The number of rotatable bonds is 9. The monoisotopic (exact) mass is 400 g/mol. The molecule has 0 amide bonds. The Bertz CT molecular complexity index is 1090. The van der Waals surface area contributed by atoms with Crippen molar-refractivity contribution in [2.45, 2.75) is 39.2 Å². The van der Waals surface area contributed by atoms with Gasteiger partial charge in [0.15, 0.2) is 0 Å². The van der Waals surface area contributed by atoms with Crippen LogP contribution in [0, 0.1) is 0 Å². The fraction of sp³-hybridized carbons (Fsp3) is 0.292. The predicted octanol–water partition coefficient (Wildman–Crippen LogP) is 5.59. The van der Waals surface area contributed by atoms with Crippen molar-refractivity contribution >= 4 is 22.7 Å². The van der Waals surface area contributed by atoms with Crippen LogP contribution in [-0.2, 0) is 0 Å². The third-order valence-electron chi connectivity index (χ3n) is 5.19. The molecule has 0 saturated carbocycles. The molecule has 0 bridgehead atoms. The Labute approximate surface area is 177 Å². The second-order valence-corrected chi connectivity index (χ2v) is 7.47. The van der Waals surface area contributed by atoms with Gasteiger partial charge >= 0.3 is 0 Å². The van der Waals surface area contributed by atoms with Gasteiger partial charge in [-0.3, -0.25) is 4.57 Å². The zero-order valence-corrected chi connectivity index (χ0v) is 17.5. The van der Waals surface area contributed by atoms with E-state index in [0.29, 0.717) is 5.95 Å². The number of unbranched alkanes of at least 4 members (excludes halogenated alkanes) is 2. The molecule has 30 heavy (non-hydrogen) atoms. The maximum Gasteiger partial charge on any atom is 0.225 e. The SMILES string of the molecule is CCCCCNc1ccc2c(c1)ncn2-c1ccnc(N[C@@H](C)c2ccccc2)n1. The first kappa shape index (κ1) is 19.9. The molecule has 0 fully saturated rings. The zero-order chi connectivity index (χ0) is 20.8. The highest BCUT2D eigenvalue weighted by Crippen LogP contribution is 2.22. The molecule has 2 aromatic heterocycles. The van der Waals surface area contributed by atoms with Crippen molar-refractivity contribution in [3.8, 4) is 5.82 Å². The minimum Gasteiger partial charge on any atom is -0.385 e. The fourth-order valence-electron chi connectivity index (χ4n) is 3.48. The third-order valence-corrected chi connectivity index (χ3v) is 5.19. The van der Waals surface area contributed by atoms with Crippen molar-refractivity contribution in [2.24, 2.45) is 0 Å². The van der Waals surface area contributed by atoms with E-state index in [1.165, 1.54) is 24.8 Å². The van der Waals surface area contributed by atoms with E-state index in [4.69, 9.17) is 4.98 Å². The number of aromatic nitrogens is 4. The molecule has 0 saturated heterocycles. The first-order valence-electron chi connectivity index (χ1n) is 10.6. The van der Waals surface area contributed by atoms with Gasteiger partial charge in [0.25, 0.3) is 0 Å². The number of hydrogen-bond acceptors (Lipinski definition) is 5. The quantitative estimate of drug-likeness (QED) is 0.358. The van der Waals surface area contributed by atoms with Gasteiger partial charge in [-0.05, 0) is 43.2 Å². The minimum absolute atomic E-state index is 0.113. The van der Waals surface area contributed by atoms with E-state index < -0.39 is 0 Å². The Morgan fingerprint density at radius 3 is 2.70 bits per heavy atom. The van der Waals surface area contributed by atoms with Crippen molar-refractivity contribution in [1.82, 2.24) is 19.5 Å². The first-order valence-corrected chi connectivity index (χ1v) is 10.6. The van der Waals surface area contributed by atoms with E-state index >= 15 is 0 Å². The Balaban J connectivity index is 1.52. The molecule has 0 aliphatic carbocycles. The molecule has 4 rings (SSSR count). The summed E-state index contributed by atoms with van der Waals surface area (Å²) in [5.74, 6) is 1.39. The summed E-state index contributed by atoms with van der Waals surface area (Å²) in [5.41, 5.74) is 4.26. The van der Waals surface area contributed by atoms with Crippen LogP contribution in [0.2, 0.25) is 0 Å². The van der Waals surface area contributed by atoms with E-state index in [9.17, 15) is 0 Å². The van der Waals surface area contributed by atoms with Crippen LogP contribution in [0.4, 0.5) is 11.6 Å². The van der Waals surface area contributed by atoms with Crippen molar-refractivity contribution in [1.29, 1.82) is 0 Å². The van der Waals surface area contributed by atoms with Crippen LogP contribution in [-0.4, -0.2) is 26.1 Å². The zero-order valence-electron chi connectivity index (χ0n) is 17.5. The topological polar surface area (TPSA) is 67.7 Å². The molecule has 0 aliphatic rings. The van der Waals surface area contributed by atoms with E-state index in [-0.39, 0.29) is 6.04 Å². The number of nitrogens with one attached hydrogen (secondary N) is 2. The summed E-state index contributed by atoms with van der Waals surface area (Å²) in [5, 5.41) is 6.87. The summed E-state index contributed by atoms with van der Waals surface area (Å²) in [6.07, 6.45) is 7.25. The molecule has 6 heteroatoms. The van der Waals surface area contributed by atoms with E-state index in [2.05, 4.69) is 64.8 Å². The number of nitrogens with zero attached hydrogens (tertiary/aromatic N) is 4. The van der Waals surface area contributed by atoms with Crippen LogP contribution in [0.5, 0.6) is 0 Å². The van der Waals surface area contributed by atoms with E-state index in [0.717, 1.165) is 29.1 Å². The molecule has 0 aliphatic heterocycles. The fourth-order valence-corrected chi connectivity index (χ4v) is 3.48. The van der Waals surface area contributed by atoms with E-state index in [1.54, 1.807) is 6.20 Å². The highest BCUT2D eigenvalue weighted by molar-refractivity contribution is 5.81. The number of hydrogen-bond donors (Lipinski definition) is 2. The van der Waals surface area contributed by atoms with Crippen molar-refractivity contribution in [3.05, 3.63) is 72.7 Å². The Morgan fingerprint density at radius 2 is 1.87 bits per heavy atom. The minimum atomic E-state index is 0.113. The van der Waals surface area contributed by atoms with Gasteiger partial charge in [-0.1, -0.05) is 50.1 Å². The molecule has 154 valence electrons. The number of fused-ring (bicyclic) bond motifs is 1. The van der Waals surface area contributed by atoms with Gasteiger partial charge in [-0.25, -0.2) is 9.97 Å². The summed E-state index contributed by atoms with van der Waals surface area (Å²) in [6.45, 7) is 5.31. The average Bonchev–Trinajstić information content (AvgIpc) is 3.21. The lowest BCUT2D eigenvalue weighted by molar-refractivity contribution is 0.744. The molecule has 0 spiro atoms. The van der Waals surface area contributed by atoms with Crippen molar-refractivity contribution < 1.29 is 0 Å². The number of anilines is 2. The highest BCUT2D eigenvalue weighted by Gasteiger charge is 2.10. The molecule has 2 aromatic carbocycles. The van der Waals surface area contributed by atoms with Gasteiger partial charge in [0.2, 0.25) is 5.95 Å². The molecule has 4 aromatic rings. The second-order valence-electron chi connectivity index (χ2n) is 7.47. The lowest BCUT2D eigenvalue weighted by Crippen LogP contribution is -2.10. The van der Waals surface area contributed by atoms with Crippen LogP contribution in [0.25, 0.3) is 16.9 Å². The number of benzene rings is 2. The van der Waals surface area contributed by atoms with Gasteiger partial charge in [0.1, 0.15) is 12.1 Å². The summed E-state index contributed by atoms with van der Waals surface area (Å²) in [4.78, 5) is 13.7. The predicted molar refractivity (Wildman–Crippen MR) is 123 cm³/mol. The summed E-state index contributed by atoms with van der Waals surface area (Å²) in [6, 6.07) is 18.6. The van der Waals surface area contributed by atoms with Gasteiger partial charge in [-0.2, -0.15) is 4.98 Å². The standard InChI is InChI=1S/C24H28N6/c1-3-4-8-14-25-20-11-12-22-21(16-20)27-17-30(22)23-13-15-26-24(29-23)28-18(2)19-9-6-5-7-10-19/h5-7,9-13,15-18,25H,3-4,8,14H2,1-2H3,(H,26,28,29)/t18-/m0/s1. The summed E-state index contributed by atoms with van der Waals surface area (Å²) in [7, 11) is 0. The molecule has 2 heterocycles. The number of imidazole rings is 1. The maximum atomic E-state index is 4.71. The van der Waals surface area contributed by atoms with Crippen molar-refractivity contribution in [3.63, 3.8) is 0 Å². The molecule has 0 radical (unpaired) electrons. The lowest BCUT2D eigenvalue weighted by Gasteiger charge is -2.14. The van der Waals surface area contributed by atoms with Crippen LogP contribution in [0.3, 0.4) is 0 Å². The molecule has 6 nitrogen and oxygen atoms in total. The lowest BCUT2D eigenvalue weighted by atomic mass is 10.1. The van der Waals surface area contributed by atoms with Crippen LogP contribution < -0.4 is 10.6 Å². The molecule has 0 unspecified atom stereocenters. The van der Waals surface area contributed by atoms with Crippen LogP contribution >= 0.6 is 0 Å². The Kier molecular flexibility index (Phi) is 6.23. The molecular formula is C24H28N6. The van der Waals surface area contributed by atoms with Crippen LogP contribution in [0.15, 0.2) is 67.1 Å². The molecule has 2 N–H and O–H groups in total. The first-order chi connectivity index (χ1) is 14.7.